The molecule has 15 heavy (non-hydrogen) atoms. The van der Waals surface area contributed by atoms with Crippen molar-refractivity contribution in [2.45, 2.75) is 57.5 Å². The van der Waals surface area contributed by atoms with Gasteiger partial charge in [0.05, 0.1) is 0 Å². The quantitative estimate of drug-likeness (QED) is 0.800. The van der Waals surface area contributed by atoms with Crippen molar-refractivity contribution in [2.24, 2.45) is 0 Å². The zero-order valence-corrected chi connectivity index (χ0v) is 9.34. The molecule has 2 N–H and O–H groups in total. The summed E-state index contributed by atoms with van der Waals surface area (Å²) < 4.78 is 0. The standard InChI is InChI=1S/C12H21N3/c1-2-4-6-11(7-5-3-1)13-10-12-8-9-14-15-12/h8-9,11,13H,1-7,10H2,(H,14,15). The van der Waals surface area contributed by atoms with Crippen LogP contribution in [0.4, 0.5) is 0 Å². The molecule has 0 spiro atoms. The Bertz CT molecular complexity index is 248. The number of nitrogens with one attached hydrogen (secondary N) is 2. The summed E-state index contributed by atoms with van der Waals surface area (Å²) in [6.45, 7) is 0.935. The second-order valence-corrected chi connectivity index (χ2v) is 4.50. The minimum atomic E-state index is 0.716. The van der Waals surface area contributed by atoms with Crippen LogP contribution in [0.1, 0.15) is 50.6 Å². The van der Waals surface area contributed by atoms with Crippen molar-refractivity contribution < 1.29 is 0 Å². The molecule has 0 radical (unpaired) electrons. The third-order valence-electron chi connectivity index (χ3n) is 3.24. The van der Waals surface area contributed by atoms with Crippen LogP contribution in [-0.4, -0.2) is 16.2 Å². The van der Waals surface area contributed by atoms with Crippen LogP contribution < -0.4 is 5.32 Å². The number of aromatic nitrogens is 2. The summed E-state index contributed by atoms with van der Waals surface area (Å²) in [5.74, 6) is 0. The van der Waals surface area contributed by atoms with Gasteiger partial charge in [-0.25, -0.2) is 0 Å². The van der Waals surface area contributed by atoms with E-state index in [9.17, 15) is 0 Å². The molecule has 3 heteroatoms. The summed E-state index contributed by atoms with van der Waals surface area (Å²) in [4.78, 5) is 0. The van der Waals surface area contributed by atoms with E-state index in [1.165, 1.54) is 50.6 Å². The maximum Gasteiger partial charge on any atom is 0.0490 e. The van der Waals surface area contributed by atoms with E-state index in [1.807, 2.05) is 12.3 Å². The van der Waals surface area contributed by atoms with Gasteiger partial charge in [0.2, 0.25) is 0 Å². The molecular formula is C12H21N3. The van der Waals surface area contributed by atoms with E-state index >= 15 is 0 Å². The lowest BCUT2D eigenvalue weighted by Gasteiger charge is -2.20. The van der Waals surface area contributed by atoms with Crippen LogP contribution in [0.3, 0.4) is 0 Å². The number of H-pyrrole nitrogens is 1. The first-order valence-electron chi connectivity index (χ1n) is 6.17. The molecule has 1 aliphatic rings. The summed E-state index contributed by atoms with van der Waals surface area (Å²) in [5, 5.41) is 10.6. The number of nitrogens with zero attached hydrogens (tertiary/aromatic N) is 1. The van der Waals surface area contributed by atoms with Gasteiger partial charge >= 0.3 is 0 Å². The lowest BCUT2D eigenvalue weighted by atomic mass is 9.97. The summed E-state index contributed by atoms with van der Waals surface area (Å²) in [5.41, 5.74) is 1.19. The minimum absolute atomic E-state index is 0.716. The molecule has 0 aliphatic heterocycles. The average molecular weight is 207 g/mol. The van der Waals surface area contributed by atoms with Crippen LogP contribution in [-0.2, 0) is 6.54 Å². The van der Waals surface area contributed by atoms with E-state index in [0.717, 1.165) is 6.54 Å². The molecule has 0 saturated heterocycles. The normalized spacial score (nSPS) is 19.7. The fourth-order valence-electron chi connectivity index (χ4n) is 2.30. The summed E-state index contributed by atoms with van der Waals surface area (Å²) in [7, 11) is 0. The molecule has 84 valence electrons. The summed E-state index contributed by atoms with van der Waals surface area (Å²) >= 11 is 0. The Labute approximate surface area is 91.7 Å². The molecule has 0 unspecified atom stereocenters. The van der Waals surface area contributed by atoms with Gasteiger partial charge in [-0.2, -0.15) is 5.10 Å². The molecule has 3 nitrogen and oxygen atoms in total. The lowest BCUT2D eigenvalue weighted by Crippen LogP contribution is -2.29. The Hall–Kier alpha value is -0.830. The summed E-state index contributed by atoms with van der Waals surface area (Å²) in [6.07, 6.45) is 11.6. The zero-order valence-electron chi connectivity index (χ0n) is 9.34. The highest BCUT2D eigenvalue weighted by atomic mass is 15.1. The van der Waals surface area contributed by atoms with E-state index in [0.29, 0.717) is 6.04 Å². The second-order valence-electron chi connectivity index (χ2n) is 4.50. The predicted molar refractivity (Wildman–Crippen MR) is 61.5 cm³/mol. The van der Waals surface area contributed by atoms with Gasteiger partial charge in [-0.1, -0.05) is 32.1 Å². The monoisotopic (exact) mass is 207 g/mol. The number of aromatic amines is 1. The molecular weight excluding hydrogens is 186 g/mol. The molecule has 1 aromatic rings. The zero-order chi connectivity index (χ0) is 10.3. The maximum atomic E-state index is 3.95. The van der Waals surface area contributed by atoms with Gasteiger partial charge in [-0.05, 0) is 18.9 Å². The van der Waals surface area contributed by atoms with Crippen molar-refractivity contribution in [3.05, 3.63) is 18.0 Å². The third kappa shape index (κ3) is 3.67. The molecule has 0 bridgehead atoms. The van der Waals surface area contributed by atoms with Crippen molar-refractivity contribution in [3.63, 3.8) is 0 Å². The van der Waals surface area contributed by atoms with E-state index in [2.05, 4.69) is 15.5 Å². The molecule has 1 fully saturated rings. The highest BCUT2D eigenvalue weighted by Crippen LogP contribution is 2.17. The minimum Gasteiger partial charge on any atom is -0.308 e. The van der Waals surface area contributed by atoms with Gasteiger partial charge in [0.25, 0.3) is 0 Å². The fourth-order valence-corrected chi connectivity index (χ4v) is 2.30. The molecule has 2 rings (SSSR count). The molecule has 1 aliphatic carbocycles. The van der Waals surface area contributed by atoms with Crippen molar-refractivity contribution >= 4 is 0 Å². The third-order valence-corrected chi connectivity index (χ3v) is 3.24. The highest BCUT2D eigenvalue weighted by molar-refractivity contribution is 4.96. The Balaban J connectivity index is 1.72. The number of hydrogen-bond donors (Lipinski definition) is 2. The predicted octanol–water partition coefficient (Wildman–Crippen LogP) is 2.61. The fraction of sp³-hybridized carbons (Fsp3) is 0.750. The Morgan fingerprint density at radius 2 is 1.93 bits per heavy atom. The van der Waals surface area contributed by atoms with Crippen molar-refractivity contribution in [3.8, 4) is 0 Å². The largest absolute Gasteiger partial charge is 0.308 e. The molecule has 1 aromatic heterocycles. The van der Waals surface area contributed by atoms with Crippen LogP contribution in [0.15, 0.2) is 12.3 Å². The van der Waals surface area contributed by atoms with E-state index in [-0.39, 0.29) is 0 Å². The smallest absolute Gasteiger partial charge is 0.0490 e. The molecule has 1 heterocycles. The average Bonchev–Trinajstić information content (AvgIpc) is 2.68. The number of hydrogen-bond acceptors (Lipinski definition) is 2. The molecule has 0 amide bonds. The van der Waals surface area contributed by atoms with Crippen LogP contribution in [0.2, 0.25) is 0 Å². The van der Waals surface area contributed by atoms with Crippen molar-refractivity contribution in [1.29, 1.82) is 0 Å². The second kappa shape index (κ2) is 5.91. The Morgan fingerprint density at radius 3 is 2.60 bits per heavy atom. The van der Waals surface area contributed by atoms with Gasteiger partial charge in [0, 0.05) is 24.5 Å². The van der Waals surface area contributed by atoms with E-state index < -0.39 is 0 Å². The van der Waals surface area contributed by atoms with Gasteiger partial charge in [0.15, 0.2) is 0 Å². The van der Waals surface area contributed by atoms with Crippen molar-refractivity contribution in [1.82, 2.24) is 15.5 Å². The van der Waals surface area contributed by atoms with Gasteiger partial charge < -0.3 is 5.32 Å². The van der Waals surface area contributed by atoms with Crippen LogP contribution in [0.25, 0.3) is 0 Å². The number of rotatable bonds is 3. The SMILES string of the molecule is c1cc(CNC2CCCCCCC2)[nH]n1. The molecule has 0 atom stereocenters. The first-order valence-corrected chi connectivity index (χ1v) is 6.17. The maximum absolute atomic E-state index is 3.95. The summed E-state index contributed by atoms with van der Waals surface area (Å²) in [6, 6.07) is 2.75. The first kappa shape index (κ1) is 10.7. The van der Waals surface area contributed by atoms with Crippen LogP contribution in [0.5, 0.6) is 0 Å². The van der Waals surface area contributed by atoms with Crippen molar-refractivity contribution in [2.75, 3.05) is 0 Å². The van der Waals surface area contributed by atoms with Gasteiger partial charge in [-0.3, -0.25) is 5.10 Å². The van der Waals surface area contributed by atoms with E-state index in [4.69, 9.17) is 0 Å². The lowest BCUT2D eigenvalue weighted by molar-refractivity contribution is 0.387. The van der Waals surface area contributed by atoms with Crippen LogP contribution >= 0.6 is 0 Å². The molecule has 0 aromatic carbocycles. The Morgan fingerprint density at radius 1 is 1.20 bits per heavy atom. The van der Waals surface area contributed by atoms with Gasteiger partial charge in [0.1, 0.15) is 0 Å². The highest BCUT2D eigenvalue weighted by Gasteiger charge is 2.10. The van der Waals surface area contributed by atoms with E-state index in [1.54, 1.807) is 0 Å². The Kier molecular flexibility index (Phi) is 4.21. The molecule has 1 saturated carbocycles. The van der Waals surface area contributed by atoms with Gasteiger partial charge in [-0.15, -0.1) is 0 Å². The van der Waals surface area contributed by atoms with Crippen LogP contribution in [0, 0.1) is 0 Å². The topological polar surface area (TPSA) is 40.7 Å². The first-order chi connectivity index (χ1) is 7.45.